The fourth-order valence-electron chi connectivity index (χ4n) is 0.0577. The Labute approximate surface area is 69.7 Å². The van der Waals surface area contributed by atoms with Crippen LogP contribution < -0.4 is 0 Å². The molecule has 5 N–H and O–H groups in total. The summed E-state index contributed by atoms with van der Waals surface area (Å²) in [5.41, 5.74) is 0. The maximum atomic E-state index is 8.17. The van der Waals surface area contributed by atoms with Crippen LogP contribution in [0.15, 0.2) is 0 Å². The van der Waals surface area contributed by atoms with Gasteiger partial charge in [-0.3, -0.25) is 0 Å². The Morgan fingerprint density at radius 2 is 1.38 bits per heavy atom. The molecule has 0 radical (unpaired) electrons. The summed E-state index contributed by atoms with van der Waals surface area (Å²) in [6, 6.07) is 0. The first-order chi connectivity index (χ1) is 2.81. The average Bonchev–Trinajstić information content (AvgIpc) is 1.65. The number of rotatable bonds is 2. The first kappa shape index (κ1) is 15.9. The third-order valence-electron chi connectivity index (χ3n) is 0.421. The molecule has 0 heterocycles. The van der Waals surface area contributed by atoms with Crippen LogP contribution >= 0.6 is 0 Å². The first-order valence-corrected chi connectivity index (χ1v) is 1.71. The van der Waals surface area contributed by atoms with E-state index < -0.39 is 6.10 Å². The van der Waals surface area contributed by atoms with Crippen molar-refractivity contribution in [2.24, 2.45) is 0 Å². The number of aliphatic hydroxyl groups is 3. The normalized spacial score (nSPS) is 7.50. The van der Waals surface area contributed by atoms with Gasteiger partial charge < -0.3 is 20.8 Å². The van der Waals surface area contributed by atoms with E-state index in [-0.39, 0.29) is 48.2 Å². The molecule has 0 aromatic carbocycles. The topological polar surface area (TPSA) is 92.2 Å². The van der Waals surface area contributed by atoms with Gasteiger partial charge in [-0.05, 0) is 0 Å². The SMILES string of the molecule is O.OCC(O)CO.[NaH]. The second-order valence-corrected chi connectivity index (χ2v) is 1.02. The van der Waals surface area contributed by atoms with E-state index in [2.05, 4.69) is 0 Å². The molecule has 0 aromatic rings. The van der Waals surface area contributed by atoms with Crippen molar-refractivity contribution in [1.82, 2.24) is 0 Å². The Hall–Kier alpha value is 0.840. The average molecular weight is 134 g/mol. The summed E-state index contributed by atoms with van der Waals surface area (Å²) >= 11 is 0. The van der Waals surface area contributed by atoms with E-state index in [4.69, 9.17) is 15.3 Å². The molecule has 0 aliphatic heterocycles. The van der Waals surface area contributed by atoms with E-state index >= 15 is 0 Å². The van der Waals surface area contributed by atoms with E-state index in [1.54, 1.807) is 0 Å². The van der Waals surface area contributed by atoms with Gasteiger partial charge >= 0.3 is 29.6 Å². The molecule has 48 valence electrons. The predicted molar refractivity (Wildman–Crippen MR) is 30.9 cm³/mol. The molecule has 0 unspecified atom stereocenters. The van der Waals surface area contributed by atoms with Gasteiger partial charge in [0, 0.05) is 0 Å². The van der Waals surface area contributed by atoms with Crippen molar-refractivity contribution in [2.75, 3.05) is 13.2 Å². The van der Waals surface area contributed by atoms with Crippen molar-refractivity contribution < 1.29 is 20.8 Å². The summed E-state index contributed by atoms with van der Waals surface area (Å²) in [6.45, 7) is -0.729. The summed E-state index contributed by atoms with van der Waals surface area (Å²) in [7, 11) is 0. The fraction of sp³-hybridized carbons (Fsp3) is 1.00. The van der Waals surface area contributed by atoms with Crippen LogP contribution in [-0.4, -0.2) is 69.7 Å². The summed E-state index contributed by atoms with van der Waals surface area (Å²) in [5.74, 6) is 0. The van der Waals surface area contributed by atoms with Crippen molar-refractivity contribution in [1.29, 1.82) is 0 Å². The molecule has 8 heavy (non-hydrogen) atoms. The van der Waals surface area contributed by atoms with E-state index in [0.717, 1.165) is 0 Å². The molecule has 0 aliphatic rings. The zero-order valence-electron chi connectivity index (χ0n) is 3.83. The van der Waals surface area contributed by atoms with Gasteiger partial charge in [0.05, 0.1) is 13.2 Å². The summed E-state index contributed by atoms with van der Waals surface area (Å²) < 4.78 is 0. The van der Waals surface area contributed by atoms with Crippen molar-refractivity contribution in [2.45, 2.75) is 6.10 Å². The van der Waals surface area contributed by atoms with Gasteiger partial charge in [-0.15, -0.1) is 0 Å². The first-order valence-electron chi connectivity index (χ1n) is 1.71. The Morgan fingerprint density at radius 3 is 1.38 bits per heavy atom. The molecular weight excluding hydrogens is 123 g/mol. The number of hydrogen-bond donors (Lipinski definition) is 3. The van der Waals surface area contributed by atoms with Crippen molar-refractivity contribution >= 4 is 29.6 Å². The molecule has 0 aromatic heterocycles. The number of hydrogen-bond acceptors (Lipinski definition) is 3. The van der Waals surface area contributed by atoms with Crippen LogP contribution in [0.5, 0.6) is 0 Å². The van der Waals surface area contributed by atoms with Gasteiger partial charge in [-0.2, -0.15) is 0 Å². The van der Waals surface area contributed by atoms with Gasteiger partial charge in [0.1, 0.15) is 6.10 Å². The molecular formula is C3H11NaO4. The molecule has 4 nitrogen and oxygen atoms in total. The molecule has 0 atom stereocenters. The molecule has 5 heteroatoms. The minimum atomic E-state index is -0.954. The quantitative estimate of drug-likeness (QED) is 0.348. The molecule has 0 fully saturated rings. The molecule has 0 amide bonds. The Balaban J connectivity index is -0.000000125. The van der Waals surface area contributed by atoms with Crippen LogP contribution in [0.1, 0.15) is 0 Å². The maximum absolute atomic E-state index is 8.17. The van der Waals surface area contributed by atoms with Crippen LogP contribution in [-0.2, 0) is 0 Å². The minimum absolute atomic E-state index is 0. The van der Waals surface area contributed by atoms with Gasteiger partial charge in [-0.1, -0.05) is 0 Å². The van der Waals surface area contributed by atoms with Gasteiger partial charge in [0.2, 0.25) is 0 Å². The zero-order valence-corrected chi connectivity index (χ0v) is 3.83. The monoisotopic (exact) mass is 134 g/mol. The molecule has 0 saturated carbocycles. The fourth-order valence-corrected chi connectivity index (χ4v) is 0.0577. The van der Waals surface area contributed by atoms with Gasteiger partial charge in [0.15, 0.2) is 0 Å². The van der Waals surface area contributed by atoms with Crippen molar-refractivity contribution in [3.63, 3.8) is 0 Å². The molecule has 0 spiro atoms. The third kappa shape index (κ3) is 9.96. The van der Waals surface area contributed by atoms with E-state index in [0.29, 0.717) is 0 Å². The van der Waals surface area contributed by atoms with E-state index in [1.165, 1.54) is 0 Å². The van der Waals surface area contributed by atoms with Crippen LogP contribution in [0.4, 0.5) is 0 Å². The second-order valence-electron chi connectivity index (χ2n) is 1.02. The van der Waals surface area contributed by atoms with Gasteiger partial charge in [0.25, 0.3) is 0 Å². The Bertz CT molecular complexity index is 30.5. The van der Waals surface area contributed by atoms with Crippen LogP contribution in [0, 0.1) is 0 Å². The summed E-state index contributed by atoms with van der Waals surface area (Å²) in [5, 5.41) is 24.0. The van der Waals surface area contributed by atoms with Crippen LogP contribution in [0.25, 0.3) is 0 Å². The molecule has 0 rings (SSSR count). The Morgan fingerprint density at radius 1 is 1.12 bits per heavy atom. The van der Waals surface area contributed by atoms with Gasteiger partial charge in [-0.25, -0.2) is 0 Å². The summed E-state index contributed by atoms with van der Waals surface area (Å²) in [6.07, 6.45) is -0.954. The third-order valence-corrected chi connectivity index (χ3v) is 0.421. The van der Waals surface area contributed by atoms with Crippen LogP contribution in [0.2, 0.25) is 0 Å². The number of aliphatic hydroxyl groups excluding tert-OH is 3. The summed E-state index contributed by atoms with van der Waals surface area (Å²) in [4.78, 5) is 0. The van der Waals surface area contributed by atoms with Crippen molar-refractivity contribution in [3.05, 3.63) is 0 Å². The predicted octanol–water partition coefficient (Wildman–Crippen LogP) is -3.14. The molecule has 0 aliphatic carbocycles. The van der Waals surface area contributed by atoms with Crippen LogP contribution in [0.3, 0.4) is 0 Å². The van der Waals surface area contributed by atoms with E-state index in [9.17, 15) is 0 Å². The zero-order chi connectivity index (χ0) is 4.99. The molecule has 0 saturated heterocycles. The van der Waals surface area contributed by atoms with E-state index in [1.807, 2.05) is 0 Å². The Kier molecular flexibility index (Phi) is 21.4. The van der Waals surface area contributed by atoms with Crippen molar-refractivity contribution in [3.8, 4) is 0 Å². The standard InChI is InChI=1S/C3H8O3.Na.H2O.H/c4-1-3(6)2-5;;;/h3-6H,1-2H2;;1H2;. The second kappa shape index (κ2) is 10.8. The molecule has 0 bridgehead atoms.